The van der Waals surface area contributed by atoms with E-state index in [2.05, 4.69) is 15.4 Å². The van der Waals surface area contributed by atoms with Gasteiger partial charge in [-0.3, -0.25) is 24.2 Å². The summed E-state index contributed by atoms with van der Waals surface area (Å²) in [5.41, 5.74) is 2.87. The van der Waals surface area contributed by atoms with Gasteiger partial charge in [0.2, 0.25) is 5.91 Å². The number of fused-ring (bicyclic) bond motifs is 1. The number of aryl methyl sites for hydroxylation is 2. The summed E-state index contributed by atoms with van der Waals surface area (Å²) in [5, 5.41) is 5.78. The molecular weight excluding hydrogens is 358 g/mol. The molecule has 3 heterocycles. The van der Waals surface area contributed by atoms with Gasteiger partial charge in [0, 0.05) is 37.9 Å². The van der Waals surface area contributed by atoms with Crippen molar-refractivity contribution in [1.82, 2.24) is 20.1 Å². The summed E-state index contributed by atoms with van der Waals surface area (Å²) in [6, 6.07) is 9.19. The van der Waals surface area contributed by atoms with Crippen LogP contribution in [0.4, 0.5) is 5.69 Å². The molecule has 144 valence electrons. The highest BCUT2D eigenvalue weighted by Gasteiger charge is 2.21. The summed E-state index contributed by atoms with van der Waals surface area (Å²) in [4.78, 5) is 42.8. The minimum Gasteiger partial charge on any atom is -0.348 e. The summed E-state index contributed by atoms with van der Waals surface area (Å²) in [7, 11) is 1.69. The number of H-pyrrole nitrogens is 1. The number of carbonyl (C=O) groups excluding carboxylic acids is 2. The number of rotatable bonds is 4. The highest BCUT2D eigenvalue weighted by atomic mass is 16.2. The number of pyridine rings is 1. The Morgan fingerprint density at radius 2 is 2.00 bits per heavy atom. The van der Waals surface area contributed by atoms with Gasteiger partial charge in [0.15, 0.2) is 5.65 Å². The minimum absolute atomic E-state index is 0.145. The lowest BCUT2D eigenvalue weighted by Gasteiger charge is -2.16. The molecule has 0 aliphatic carbocycles. The van der Waals surface area contributed by atoms with Crippen LogP contribution in [-0.2, 0) is 18.4 Å². The molecule has 28 heavy (non-hydrogen) atoms. The molecule has 1 aliphatic rings. The van der Waals surface area contributed by atoms with Crippen molar-refractivity contribution in [3.8, 4) is 0 Å². The third kappa shape index (κ3) is 3.17. The number of amides is 2. The van der Waals surface area contributed by atoms with Crippen LogP contribution in [0.2, 0.25) is 0 Å². The van der Waals surface area contributed by atoms with Crippen molar-refractivity contribution in [3.63, 3.8) is 0 Å². The smallest absolute Gasteiger partial charge is 0.274 e. The molecular formula is C20H21N5O3. The first-order valence-corrected chi connectivity index (χ1v) is 9.18. The molecule has 2 aromatic heterocycles. The fourth-order valence-corrected chi connectivity index (χ4v) is 3.56. The molecule has 1 aromatic carbocycles. The van der Waals surface area contributed by atoms with Gasteiger partial charge in [0.25, 0.3) is 11.5 Å². The summed E-state index contributed by atoms with van der Waals surface area (Å²) in [5.74, 6) is -0.183. The number of nitrogens with zero attached hydrogens (tertiary/aromatic N) is 3. The molecule has 0 spiro atoms. The maximum absolute atomic E-state index is 12.7. The van der Waals surface area contributed by atoms with Crippen LogP contribution in [-0.4, -0.2) is 33.1 Å². The van der Waals surface area contributed by atoms with E-state index in [0.717, 1.165) is 24.2 Å². The lowest BCUT2D eigenvalue weighted by molar-refractivity contribution is -0.117. The number of hydrogen-bond donors (Lipinski definition) is 2. The van der Waals surface area contributed by atoms with E-state index in [1.54, 1.807) is 24.9 Å². The van der Waals surface area contributed by atoms with Crippen LogP contribution in [0, 0.1) is 6.92 Å². The summed E-state index contributed by atoms with van der Waals surface area (Å²) in [6.45, 7) is 2.85. The zero-order valence-corrected chi connectivity index (χ0v) is 15.8. The van der Waals surface area contributed by atoms with Gasteiger partial charge in [-0.2, -0.15) is 0 Å². The van der Waals surface area contributed by atoms with E-state index < -0.39 is 0 Å². The second-order valence-corrected chi connectivity index (χ2v) is 7.01. The standard InChI is InChI=1S/C20H21N5O3/c1-12-10-15(17-18(22-12)24(2)23-20(17)28)19(27)21-11-13-5-7-14(8-6-13)25-9-3-4-16(25)26/h5-8,10H,3-4,9,11H2,1-2H3,(H,21,27)(H,23,28). The number of aromatic nitrogens is 3. The zero-order valence-electron chi connectivity index (χ0n) is 15.8. The van der Waals surface area contributed by atoms with Gasteiger partial charge in [0.1, 0.15) is 0 Å². The van der Waals surface area contributed by atoms with Crippen LogP contribution in [0.25, 0.3) is 11.0 Å². The second-order valence-electron chi connectivity index (χ2n) is 7.01. The van der Waals surface area contributed by atoms with Gasteiger partial charge in [0.05, 0.1) is 10.9 Å². The van der Waals surface area contributed by atoms with E-state index in [4.69, 9.17) is 0 Å². The van der Waals surface area contributed by atoms with Crippen molar-refractivity contribution >= 4 is 28.5 Å². The Morgan fingerprint density at radius 3 is 2.68 bits per heavy atom. The first kappa shape index (κ1) is 18.0. The second kappa shape index (κ2) is 6.95. The normalized spacial score (nSPS) is 14.1. The summed E-state index contributed by atoms with van der Waals surface area (Å²) in [6.07, 6.45) is 1.48. The van der Waals surface area contributed by atoms with Gasteiger partial charge in [-0.1, -0.05) is 12.1 Å². The molecule has 8 heteroatoms. The van der Waals surface area contributed by atoms with Crippen LogP contribution in [0.5, 0.6) is 0 Å². The molecule has 1 saturated heterocycles. The predicted molar refractivity (Wildman–Crippen MR) is 105 cm³/mol. The molecule has 2 amide bonds. The highest BCUT2D eigenvalue weighted by Crippen LogP contribution is 2.21. The Balaban J connectivity index is 1.51. The zero-order chi connectivity index (χ0) is 19.8. The molecule has 2 N–H and O–H groups in total. The molecule has 0 saturated carbocycles. The van der Waals surface area contributed by atoms with E-state index >= 15 is 0 Å². The molecule has 0 unspecified atom stereocenters. The number of carbonyl (C=O) groups is 2. The van der Waals surface area contributed by atoms with Crippen molar-refractivity contribution < 1.29 is 9.59 Å². The molecule has 1 fully saturated rings. The Bertz CT molecular complexity index is 1130. The highest BCUT2D eigenvalue weighted by molar-refractivity contribution is 6.05. The lowest BCUT2D eigenvalue weighted by atomic mass is 10.1. The van der Waals surface area contributed by atoms with Gasteiger partial charge < -0.3 is 10.2 Å². The van der Waals surface area contributed by atoms with E-state index in [0.29, 0.717) is 29.9 Å². The van der Waals surface area contributed by atoms with Gasteiger partial charge in [-0.05, 0) is 37.1 Å². The maximum atomic E-state index is 12.7. The van der Waals surface area contributed by atoms with Gasteiger partial charge in [-0.15, -0.1) is 0 Å². The van der Waals surface area contributed by atoms with Crippen molar-refractivity contribution in [2.75, 3.05) is 11.4 Å². The summed E-state index contributed by atoms with van der Waals surface area (Å²) < 4.78 is 1.51. The third-order valence-electron chi connectivity index (χ3n) is 4.96. The first-order valence-electron chi connectivity index (χ1n) is 9.18. The molecule has 0 atom stereocenters. The average Bonchev–Trinajstić information content (AvgIpc) is 3.22. The maximum Gasteiger partial charge on any atom is 0.274 e. The number of benzene rings is 1. The average molecular weight is 379 g/mol. The van der Waals surface area contributed by atoms with Crippen LogP contribution in [0.15, 0.2) is 35.1 Å². The van der Waals surface area contributed by atoms with Crippen LogP contribution < -0.4 is 15.8 Å². The quantitative estimate of drug-likeness (QED) is 0.719. The van der Waals surface area contributed by atoms with Crippen LogP contribution in [0.3, 0.4) is 0 Å². The molecule has 4 rings (SSSR count). The topological polar surface area (TPSA) is 100 Å². The number of nitrogens with one attached hydrogen (secondary N) is 2. The third-order valence-corrected chi connectivity index (χ3v) is 4.96. The molecule has 0 radical (unpaired) electrons. The fraction of sp³-hybridized carbons (Fsp3) is 0.300. The van der Waals surface area contributed by atoms with Gasteiger partial charge >= 0.3 is 0 Å². The number of hydrogen-bond acceptors (Lipinski definition) is 4. The Kier molecular flexibility index (Phi) is 4.46. The van der Waals surface area contributed by atoms with E-state index in [-0.39, 0.29) is 22.8 Å². The monoisotopic (exact) mass is 379 g/mol. The Labute approximate surface area is 161 Å². The SMILES string of the molecule is Cc1cc(C(=O)NCc2ccc(N3CCCC3=O)cc2)c2c(=O)[nH]n(C)c2n1. The molecule has 1 aliphatic heterocycles. The number of anilines is 1. The minimum atomic E-state index is -0.338. The fourth-order valence-electron chi connectivity index (χ4n) is 3.56. The predicted octanol–water partition coefficient (Wildman–Crippen LogP) is 1.63. The molecule has 3 aromatic rings. The first-order chi connectivity index (χ1) is 13.4. The Hall–Kier alpha value is -3.42. The Morgan fingerprint density at radius 1 is 1.25 bits per heavy atom. The van der Waals surface area contributed by atoms with Crippen LogP contribution >= 0.6 is 0 Å². The van der Waals surface area contributed by atoms with Crippen molar-refractivity contribution in [3.05, 3.63) is 57.5 Å². The summed E-state index contributed by atoms with van der Waals surface area (Å²) >= 11 is 0. The number of aromatic amines is 1. The van der Waals surface area contributed by atoms with Crippen molar-refractivity contribution in [2.24, 2.45) is 7.05 Å². The van der Waals surface area contributed by atoms with Gasteiger partial charge in [-0.25, -0.2) is 4.98 Å². The molecule has 8 nitrogen and oxygen atoms in total. The van der Waals surface area contributed by atoms with E-state index in [9.17, 15) is 14.4 Å². The van der Waals surface area contributed by atoms with Crippen molar-refractivity contribution in [2.45, 2.75) is 26.3 Å². The largest absolute Gasteiger partial charge is 0.348 e. The van der Waals surface area contributed by atoms with Crippen molar-refractivity contribution in [1.29, 1.82) is 0 Å². The molecule has 0 bridgehead atoms. The lowest BCUT2D eigenvalue weighted by Crippen LogP contribution is -2.25. The van der Waals surface area contributed by atoms with Crippen LogP contribution in [0.1, 0.15) is 34.5 Å². The van der Waals surface area contributed by atoms with E-state index in [1.807, 2.05) is 24.3 Å². The van der Waals surface area contributed by atoms with E-state index in [1.165, 1.54) is 4.68 Å².